The SMILES string of the molecule is Cc1cc(C)c(NC(=O)C(=O)NC(C)c2ccccc2)c(C)c1. The first-order valence-electron chi connectivity index (χ1n) is 7.63. The highest BCUT2D eigenvalue weighted by molar-refractivity contribution is 6.39. The molecule has 0 radical (unpaired) electrons. The molecular formula is C19H22N2O2. The number of carbonyl (C=O) groups is 2. The van der Waals surface area contributed by atoms with Gasteiger partial charge in [0.2, 0.25) is 0 Å². The summed E-state index contributed by atoms with van der Waals surface area (Å²) in [6.07, 6.45) is 0. The van der Waals surface area contributed by atoms with E-state index in [0.29, 0.717) is 5.69 Å². The van der Waals surface area contributed by atoms with Gasteiger partial charge in [-0.05, 0) is 44.4 Å². The Bertz CT molecular complexity index is 700. The van der Waals surface area contributed by atoms with Crippen LogP contribution < -0.4 is 10.6 Å². The Balaban J connectivity index is 2.05. The summed E-state index contributed by atoms with van der Waals surface area (Å²) in [6.45, 7) is 7.68. The lowest BCUT2D eigenvalue weighted by Crippen LogP contribution is -2.37. The fourth-order valence-corrected chi connectivity index (χ4v) is 2.63. The lowest BCUT2D eigenvalue weighted by Gasteiger charge is -2.16. The summed E-state index contributed by atoms with van der Waals surface area (Å²) in [5.74, 6) is -1.29. The van der Waals surface area contributed by atoms with E-state index in [1.807, 2.05) is 70.2 Å². The number of nitrogens with one attached hydrogen (secondary N) is 2. The van der Waals surface area contributed by atoms with Crippen molar-refractivity contribution in [3.63, 3.8) is 0 Å². The molecule has 0 saturated heterocycles. The lowest BCUT2D eigenvalue weighted by molar-refractivity contribution is -0.136. The van der Waals surface area contributed by atoms with Gasteiger partial charge in [0.05, 0.1) is 6.04 Å². The summed E-state index contributed by atoms with van der Waals surface area (Å²) in [6, 6.07) is 13.3. The van der Waals surface area contributed by atoms with E-state index < -0.39 is 11.8 Å². The van der Waals surface area contributed by atoms with Gasteiger partial charge >= 0.3 is 11.8 Å². The van der Waals surface area contributed by atoms with Crippen molar-refractivity contribution < 1.29 is 9.59 Å². The Morgan fingerprint density at radius 2 is 1.48 bits per heavy atom. The number of aryl methyl sites for hydroxylation is 3. The van der Waals surface area contributed by atoms with E-state index in [1.54, 1.807) is 0 Å². The third-order valence-corrected chi connectivity index (χ3v) is 3.77. The molecule has 1 atom stereocenters. The predicted octanol–water partition coefficient (Wildman–Crippen LogP) is 3.43. The maximum absolute atomic E-state index is 12.1. The van der Waals surface area contributed by atoms with Crippen molar-refractivity contribution in [1.82, 2.24) is 5.32 Å². The number of hydrogen-bond acceptors (Lipinski definition) is 2. The van der Waals surface area contributed by atoms with E-state index in [2.05, 4.69) is 10.6 Å². The van der Waals surface area contributed by atoms with Crippen molar-refractivity contribution in [2.75, 3.05) is 5.32 Å². The normalized spacial score (nSPS) is 11.7. The highest BCUT2D eigenvalue weighted by atomic mass is 16.2. The first-order valence-corrected chi connectivity index (χ1v) is 7.63. The molecule has 1 unspecified atom stereocenters. The second-order valence-corrected chi connectivity index (χ2v) is 5.83. The van der Waals surface area contributed by atoms with Gasteiger partial charge < -0.3 is 10.6 Å². The molecule has 0 saturated carbocycles. The van der Waals surface area contributed by atoms with E-state index >= 15 is 0 Å². The topological polar surface area (TPSA) is 58.2 Å². The van der Waals surface area contributed by atoms with Crippen LogP contribution >= 0.6 is 0 Å². The van der Waals surface area contributed by atoms with Gasteiger partial charge in [0, 0.05) is 5.69 Å². The van der Waals surface area contributed by atoms with Crippen LogP contribution in [0.25, 0.3) is 0 Å². The zero-order valence-electron chi connectivity index (χ0n) is 13.9. The van der Waals surface area contributed by atoms with E-state index in [9.17, 15) is 9.59 Å². The molecule has 2 N–H and O–H groups in total. The van der Waals surface area contributed by atoms with Gasteiger partial charge in [-0.1, -0.05) is 48.0 Å². The summed E-state index contributed by atoms with van der Waals surface area (Å²) in [5, 5.41) is 5.43. The van der Waals surface area contributed by atoms with E-state index in [1.165, 1.54) is 0 Å². The Hall–Kier alpha value is -2.62. The van der Waals surface area contributed by atoms with Crippen LogP contribution in [-0.2, 0) is 9.59 Å². The number of hydrogen-bond donors (Lipinski definition) is 2. The number of amides is 2. The minimum Gasteiger partial charge on any atom is -0.341 e. The van der Waals surface area contributed by atoms with Gasteiger partial charge in [0.1, 0.15) is 0 Å². The van der Waals surface area contributed by atoms with Crippen LogP contribution in [-0.4, -0.2) is 11.8 Å². The van der Waals surface area contributed by atoms with Gasteiger partial charge in [-0.3, -0.25) is 9.59 Å². The Morgan fingerprint density at radius 1 is 0.913 bits per heavy atom. The minimum atomic E-state index is -0.650. The molecule has 0 spiro atoms. The first-order chi connectivity index (χ1) is 10.9. The average molecular weight is 310 g/mol. The number of benzene rings is 2. The molecular weight excluding hydrogens is 288 g/mol. The Labute approximate surface area is 136 Å². The zero-order chi connectivity index (χ0) is 17.0. The average Bonchev–Trinajstić information content (AvgIpc) is 2.51. The molecule has 0 aliphatic rings. The summed E-state index contributed by atoms with van der Waals surface area (Å²) in [4.78, 5) is 24.2. The molecule has 0 bridgehead atoms. The van der Waals surface area contributed by atoms with Gasteiger partial charge in [-0.2, -0.15) is 0 Å². The molecule has 2 amide bonds. The number of rotatable bonds is 3. The largest absolute Gasteiger partial charge is 0.341 e. The fraction of sp³-hybridized carbons (Fsp3) is 0.263. The van der Waals surface area contributed by atoms with Crippen LogP contribution in [0.3, 0.4) is 0 Å². The Morgan fingerprint density at radius 3 is 2.04 bits per heavy atom. The molecule has 4 heteroatoms. The highest BCUT2D eigenvalue weighted by Crippen LogP contribution is 2.21. The third kappa shape index (κ3) is 4.19. The molecule has 4 nitrogen and oxygen atoms in total. The van der Waals surface area contributed by atoms with E-state index in [4.69, 9.17) is 0 Å². The fourth-order valence-electron chi connectivity index (χ4n) is 2.63. The summed E-state index contributed by atoms with van der Waals surface area (Å²) in [5.41, 5.74) is 4.67. The third-order valence-electron chi connectivity index (χ3n) is 3.77. The van der Waals surface area contributed by atoms with Gasteiger partial charge in [-0.25, -0.2) is 0 Å². The monoisotopic (exact) mass is 310 g/mol. The molecule has 0 heterocycles. The van der Waals surface area contributed by atoms with Crippen molar-refractivity contribution >= 4 is 17.5 Å². The maximum atomic E-state index is 12.1. The maximum Gasteiger partial charge on any atom is 0.313 e. The van der Waals surface area contributed by atoms with Crippen LogP contribution in [0.5, 0.6) is 0 Å². The van der Waals surface area contributed by atoms with E-state index in [-0.39, 0.29) is 6.04 Å². The molecule has 23 heavy (non-hydrogen) atoms. The Kier molecular flexibility index (Phi) is 5.16. The summed E-state index contributed by atoms with van der Waals surface area (Å²) >= 11 is 0. The molecule has 120 valence electrons. The standard InChI is InChI=1S/C19H22N2O2/c1-12-10-13(2)17(14(3)11-12)21-19(23)18(22)20-15(4)16-8-6-5-7-9-16/h5-11,15H,1-4H3,(H,20,22)(H,21,23). The van der Waals surface area contributed by atoms with Crippen molar-refractivity contribution in [3.05, 3.63) is 64.7 Å². The van der Waals surface area contributed by atoms with Crippen LogP contribution in [0.4, 0.5) is 5.69 Å². The second-order valence-electron chi connectivity index (χ2n) is 5.83. The van der Waals surface area contributed by atoms with Crippen LogP contribution in [0.2, 0.25) is 0 Å². The van der Waals surface area contributed by atoms with Crippen molar-refractivity contribution in [2.45, 2.75) is 33.7 Å². The smallest absolute Gasteiger partial charge is 0.313 e. The van der Waals surface area contributed by atoms with Gasteiger partial charge in [-0.15, -0.1) is 0 Å². The van der Waals surface area contributed by atoms with Crippen LogP contribution in [0.15, 0.2) is 42.5 Å². The van der Waals surface area contributed by atoms with Crippen molar-refractivity contribution in [1.29, 1.82) is 0 Å². The van der Waals surface area contributed by atoms with E-state index in [0.717, 1.165) is 22.3 Å². The number of anilines is 1. The molecule has 0 aliphatic heterocycles. The molecule has 2 rings (SSSR count). The van der Waals surface area contributed by atoms with Crippen LogP contribution in [0.1, 0.15) is 35.2 Å². The second kappa shape index (κ2) is 7.09. The van der Waals surface area contributed by atoms with Gasteiger partial charge in [0.25, 0.3) is 0 Å². The number of carbonyl (C=O) groups excluding carboxylic acids is 2. The lowest BCUT2D eigenvalue weighted by atomic mass is 10.1. The predicted molar refractivity (Wildman–Crippen MR) is 92.3 cm³/mol. The summed E-state index contributed by atoms with van der Waals surface area (Å²) < 4.78 is 0. The zero-order valence-corrected chi connectivity index (χ0v) is 13.9. The van der Waals surface area contributed by atoms with Crippen molar-refractivity contribution in [2.24, 2.45) is 0 Å². The quantitative estimate of drug-likeness (QED) is 0.853. The van der Waals surface area contributed by atoms with Crippen molar-refractivity contribution in [3.8, 4) is 0 Å². The molecule has 2 aromatic carbocycles. The molecule has 2 aromatic rings. The van der Waals surface area contributed by atoms with Gasteiger partial charge in [0.15, 0.2) is 0 Å². The summed E-state index contributed by atoms with van der Waals surface area (Å²) in [7, 11) is 0. The highest BCUT2D eigenvalue weighted by Gasteiger charge is 2.18. The molecule has 0 aromatic heterocycles. The first kappa shape index (κ1) is 16.7. The minimum absolute atomic E-state index is 0.227. The molecule has 0 aliphatic carbocycles. The van der Waals surface area contributed by atoms with Crippen LogP contribution in [0, 0.1) is 20.8 Å². The molecule has 0 fully saturated rings.